The second-order valence-electron chi connectivity index (χ2n) is 16.1. The Bertz CT molecular complexity index is 3160. The second kappa shape index (κ2) is 13.5. The van der Waals surface area contributed by atoms with Crippen molar-refractivity contribution in [2.75, 3.05) is 4.90 Å². The number of hydrogen-bond donors (Lipinski definition) is 0. The first kappa shape index (κ1) is 34.1. The minimum Gasteiger partial charge on any atom is -0.310 e. The van der Waals surface area contributed by atoms with Crippen LogP contribution in [0.2, 0.25) is 0 Å². The summed E-state index contributed by atoms with van der Waals surface area (Å²) >= 11 is 0. The summed E-state index contributed by atoms with van der Waals surface area (Å²) in [6.45, 7) is 4.72. The van der Waals surface area contributed by atoms with Gasteiger partial charge in [0.05, 0.1) is 5.69 Å². The van der Waals surface area contributed by atoms with Gasteiger partial charge in [-0.05, 0) is 119 Å². The average molecular weight is 740 g/mol. The third-order valence-electron chi connectivity index (χ3n) is 12.4. The number of benzene rings is 10. The van der Waals surface area contributed by atoms with Crippen LogP contribution in [0.3, 0.4) is 0 Å². The van der Waals surface area contributed by atoms with Crippen LogP contribution in [0.15, 0.2) is 212 Å². The third-order valence-corrected chi connectivity index (χ3v) is 12.4. The quantitative estimate of drug-likeness (QED) is 0.154. The third kappa shape index (κ3) is 5.39. The highest BCUT2D eigenvalue weighted by Gasteiger charge is 2.36. The normalized spacial score (nSPS) is 12.8. The van der Waals surface area contributed by atoms with E-state index in [9.17, 15) is 0 Å². The molecule has 1 aliphatic rings. The molecule has 0 bridgehead atoms. The van der Waals surface area contributed by atoms with E-state index in [1.54, 1.807) is 0 Å². The van der Waals surface area contributed by atoms with Crippen molar-refractivity contribution in [1.29, 1.82) is 0 Å². The highest BCUT2D eigenvalue weighted by molar-refractivity contribution is 6.28. The Morgan fingerprint density at radius 3 is 1.59 bits per heavy atom. The SMILES string of the molecule is CC1(C)c2ccccc2-c2ccc(N(c3cccc(-c4cccc(-c5cccc6c7ccccc7c7ccccc7c56)c4)c3)c3ccccc3-c3ccccc3)cc21. The van der Waals surface area contributed by atoms with Gasteiger partial charge < -0.3 is 4.90 Å². The van der Waals surface area contributed by atoms with Crippen LogP contribution in [0.5, 0.6) is 0 Å². The maximum atomic E-state index is 2.46. The molecule has 0 radical (unpaired) electrons. The summed E-state index contributed by atoms with van der Waals surface area (Å²) in [5, 5.41) is 7.74. The van der Waals surface area contributed by atoms with Crippen molar-refractivity contribution >= 4 is 49.4 Å². The van der Waals surface area contributed by atoms with Crippen molar-refractivity contribution in [2.45, 2.75) is 19.3 Å². The predicted octanol–water partition coefficient (Wildman–Crippen LogP) is 15.9. The molecule has 0 fully saturated rings. The molecule has 1 nitrogen and oxygen atoms in total. The molecule has 0 aromatic heterocycles. The topological polar surface area (TPSA) is 3.24 Å². The Morgan fingerprint density at radius 2 is 0.810 bits per heavy atom. The van der Waals surface area contributed by atoms with Crippen molar-refractivity contribution in [3.05, 3.63) is 223 Å². The van der Waals surface area contributed by atoms with Gasteiger partial charge in [0, 0.05) is 22.4 Å². The van der Waals surface area contributed by atoms with Crippen LogP contribution in [-0.4, -0.2) is 0 Å². The van der Waals surface area contributed by atoms with Gasteiger partial charge in [0.1, 0.15) is 0 Å². The lowest BCUT2D eigenvalue weighted by atomic mass is 9.82. The Labute approximate surface area is 340 Å². The van der Waals surface area contributed by atoms with Crippen LogP contribution in [0.4, 0.5) is 17.1 Å². The van der Waals surface area contributed by atoms with Crippen LogP contribution in [0.1, 0.15) is 25.0 Å². The molecule has 0 unspecified atom stereocenters. The lowest BCUT2D eigenvalue weighted by molar-refractivity contribution is 0.660. The molecule has 1 aliphatic carbocycles. The Morgan fingerprint density at radius 1 is 0.310 bits per heavy atom. The average Bonchev–Trinajstić information content (AvgIpc) is 3.52. The van der Waals surface area contributed by atoms with Gasteiger partial charge in [-0.2, -0.15) is 0 Å². The van der Waals surface area contributed by atoms with Crippen LogP contribution < -0.4 is 4.90 Å². The van der Waals surface area contributed by atoms with E-state index in [0.29, 0.717) is 0 Å². The van der Waals surface area contributed by atoms with Gasteiger partial charge in [-0.1, -0.05) is 190 Å². The minimum absolute atomic E-state index is 0.117. The number of rotatable bonds is 6. The zero-order valence-electron chi connectivity index (χ0n) is 32.7. The van der Waals surface area contributed by atoms with E-state index in [1.165, 1.54) is 88.0 Å². The number of para-hydroxylation sites is 1. The highest BCUT2D eigenvalue weighted by Crippen LogP contribution is 2.51. The molecule has 0 heterocycles. The lowest BCUT2D eigenvalue weighted by Gasteiger charge is -2.30. The van der Waals surface area contributed by atoms with Crippen molar-refractivity contribution < 1.29 is 0 Å². The molecule has 274 valence electrons. The standard InChI is InChI=1S/C57H41N/c1-57(2)53-31-12-10-27-49(53)50-34-33-43(37-54(50)57)58(55-32-13-11-23-44(55)38-17-4-3-5-18-38)42-22-15-20-40(36-42)39-19-14-21-41(35-39)45-29-16-30-52-48-25-7-6-24-46(48)47-26-8-9-28-51(47)56(45)52/h3-37H,1-2H3. The molecule has 0 saturated heterocycles. The summed E-state index contributed by atoms with van der Waals surface area (Å²) in [6, 6.07) is 78.1. The molecule has 58 heavy (non-hydrogen) atoms. The lowest BCUT2D eigenvalue weighted by Crippen LogP contribution is -2.17. The fourth-order valence-corrected chi connectivity index (χ4v) is 9.68. The van der Waals surface area contributed by atoms with E-state index in [2.05, 4.69) is 231 Å². The maximum absolute atomic E-state index is 2.46. The van der Waals surface area contributed by atoms with E-state index in [4.69, 9.17) is 0 Å². The van der Waals surface area contributed by atoms with Gasteiger partial charge >= 0.3 is 0 Å². The van der Waals surface area contributed by atoms with E-state index in [-0.39, 0.29) is 5.41 Å². The van der Waals surface area contributed by atoms with Gasteiger partial charge in [-0.15, -0.1) is 0 Å². The summed E-state index contributed by atoms with van der Waals surface area (Å²) in [4.78, 5) is 2.46. The molecular weight excluding hydrogens is 699 g/mol. The number of anilines is 3. The van der Waals surface area contributed by atoms with Gasteiger partial charge in [-0.3, -0.25) is 0 Å². The van der Waals surface area contributed by atoms with Gasteiger partial charge in [0.2, 0.25) is 0 Å². The van der Waals surface area contributed by atoms with E-state index < -0.39 is 0 Å². The van der Waals surface area contributed by atoms with Crippen molar-refractivity contribution in [3.63, 3.8) is 0 Å². The van der Waals surface area contributed by atoms with Crippen LogP contribution in [0, 0.1) is 0 Å². The van der Waals surface area contributed by atoms with Crippen LogP contribution in [0.25, 0.3) is 76.8 Å². The monoisotopic (exact) mass is 739 g/mol. The van der Waals surface area contributed by atoms with Gasteiger partial charge in [0.15, 0.2) is 0 Å². The van der Waals surface area contributed by atoms with Crippen LogP contribution >= 0.6 is 0 Å². The molecular formula is C57H41N. The molecule has 0 spiro atoms. The summed E-state index contributed by atoms with van der Waals surface area (Å²) in [5.41, 5.74) is 15.9. The van der Waals surface area contributed by atoms with Gasteiger partial charge in [0.25, 0.3) is 0 Å². The second-order valence-corrected chi connectivity index (χ2v) is 16.1. The fourth-order valence-electron chi connectivity index (χ4n) is 9.68. The maximum Gasteiger partial charge on any atom is 0.0540 e. The predicted molar refractivity (Wildman–Crippen MR) is 248 cm³/mol. The molecule has 0 N–H and O–H groups in total. The first-order valence-corrected chi connectivity index (χ1v) is 20.3. The van der Waals surface area contributed by atoms with Crippen molar-refractivity contribution in [3.8, 4) is 44.5 Å². The Balaban J connectivity index is 1.08. The fraction of sp³-hybridized carbons (Fsp3) is 0.0526. The first-order chi connectivity index (χ1) is 28.5. The zero-order valence-corrected chi connectivity index (χ0v) is 32.7. The van der Waals surface area contributed by atoms with Crippen molar-refractivity contribution in [2.24, 2.45) is 0 Å². The summed E-state index contributed by atoms with van der Waals surface area (Å²) in [5.74, 6) is 0. The summed E-state index contributed by atoms with van der Waals surface area (Å²) in [6.07, 6.45) is 0. The Kier molecular flexibility index (Phi) is 7.91. The number of fused-ring (bicyclic) bond motifs is 9. The minimum atomic E-state index is -0.117. The first-order valence-electron chi connectivity index (χ1n) is 20.3. The Hall–Kier alpha value is -7.22. The molecule has 0 amide bonds. The summed E-state index contributed by atoms with van der Waals surface area (Å²) in [7, 11) is 0. The van der Waals surface area contributed by atoms with Gasteiger partial charge in [-0.25, -0.2) is 0 Å². The molecule has 0 saturated carbocycles. The molecule has 10 aromatic carbocycles. The largest absolute Gasteiger partial charge is 0.310 e. The molecule has 1 heteroatoms. The number of hydrogen-bond acceptors (Lipinski definition) is 1. The van der Waals surface area contributed by atoms with E-state index >= 15 is 0 Å². The molecule has 10 aromatic rings. The zero-order chi connectivity index (χ0) is 38.8. The van der Waals surface area contributed by atoms with E-state index in [1.807, 2.05) is 0 Å². The molecule has 11 rings (SSSR count). The smallest absolute Gasteiger partial charge is 0.0540 e. The highest BCUT2D eigenvalue weighted by atomic mass is 15.1. The molecule has 0 aliphatic heterocycles. The van der Waals surface area contributed by atoms with Crippen LogP contribution in [-0.2, 0) is 5.41 Å². The van der Waals surface area contributed by atoms with Crippen molar-refractivity contribution in [1.82, 2.24) is 0 Å². The summed E-state index contributed by atoms with van der Waals surface area (Å²) < 4.78 is 0. The number of nitrogens with zero attached hydrogens (tertiary/aromatic N) is 1. The van der Waals surface area contributed by atoms with E-state index in [0.717, 1.165) is 17.1 Å². The molecule has 0 atom stereocenters.